The molecule has 0 aliphatic rings. The molecule has 0 atom stereocenters. The zero-order chi connectivity index (χ0) is 14.5. The summed E-state index contributed by atoms with van der Waals surface area (Å²) in [5.74, 6) is -1.000. The highest BCUT2D eigenvalue weighted by Crippen LogP contribution is 2.11. The van der Waals surface area contributed by atoms with E-state index in [0.29, 0.717) is 11.3 Å². The van der Waals surface area contributed by atoms with Crippen molar-refractivity contribution < 1.29 is 22.7 Å². The molecule has 0 fully saturated rings. The molecule has 0 spiro atoms. The van der Waals surface area contributed by atoms with E-state index in [1.165, 1.54) is 31.4 Å². The number of carbonyl (C=O) groups is 2. The number of ketones is 1. The summed E-state index contributed by atoms with van der Waals surface area (Å²) in [5.41, 5.74) is 0.690. The van der Waals surface area contributed by atoms with Gasteiger partial charge in [-0.1, -0.05) is 0 Å². The predicted octanol–water partition coefficient (Wildman–Crippen LogP) is 0.970. The minimum Gasteiger partial charge on any atom is -0.466 e. The first-order valence-electron chi connectivity index (χ1n) is 5.20. The molecule has 7 heteroatoms. The van der Waals surface area contributed by atoms with Crippen LogP contribution in [0.2, 0.25) is 0 Å². The fourth-order valence-corrected chi connectivity index (χ4v) is 1.79. The molecule has 102 valence electrons. The molecule has 1 aromatic carbocycles. The standard InChI is InChI=1S/C12H13NO5S/c1-18-12(15)8-7-11(14)9-3-5-10(6-4-9)13-19(2,16)17/h3-8,13H,1-2H3. The maximum Gasteiger partial charge on any atom is 0.330 e. The number of carbonyl (C=O) groups excluding carboxylic acids is 2. The monoisotopic (exact) mass is 283 g/mol. The van der Waals surface area contributed by atoms with E-state index in [4.69, 9.17) is 0 Å². The lowest BCUT2D eigenvalue weighted by atomic mass is 10.1. The molecule has 0 aliphatic carbocycles. The first kappa shape index (κ1) is 14.9. The largest absolute Gasteiger partial charge is 0.466 e. The number of allylic oxidation sites excluding steroid dienone is 1. The summed E-state index contributed by atoms with van der Waals surface area (Å²) >= 11 is 0. The average Bonchev–Trinajstić information content (AvgIpc) is 2.34. The highest BCUT2D eigenvalue weighted by Gasteiger charge is 2.05. The Morgan fingerprint density at radius 3 is 2.21 bits per heavy atom. The van der Waals surface area contributed by atoms with Crippen molar-refractivity contribution in [2.75, 3.05) is 18.1 Å². The molecule has 0 aromatic heterocycles. The minimum atomic E-state index is -3.35. The molecule has 6 nitrogen and oxygen atoms in total. The number of anilines is 1. The lowest BCUT2D eigenvalue weighted by Gasteiger charge is -2.03. The summed E-state index contributed by atoms with van der Waals surface area (Å²) in [7, 11) is -2.13. The van der Waals surface area contributed by atoms with Crippen molar-refractivity contribution in [1.29, 1.82) is 0 Å². The fraction of sp³-hybridized carbons (Fsp3) is 0.167. The van der Waals surface area contributed by atoms with Crippen molar-refractivity contribution in [2.45, 2.75) is 0 Å². The number of rotatable bonds is 5. The Hall–Kier alpha value is -2.15. The second-order valence-electron chi connectivity index (χ2n) is 3.67. The molecule has 1 aromatic rings. The Kier molecular flexibility index (Phi) is 4.82. The van der Waals surface area contributed by atoms with Crippen LogP contribution in [0.5, 0.6) is 0 Å². The van der Waals surface area contributed by atoms with Crippen LogP contribution in [-0.4, -0.2) is 33.5 Å². The number of sulfonamides is 1. The van der Waals surface area contributed by atoms with E-state index in [1.807, 2.05) is 0 Å². The molecular formula is C12H13NO5S. The van der Waals surface area contributed by atoms with Gasteiger partial charge in [-0.15, -0.1) is 0 Å². The zero-order valence-corrected chi connectivity index (χ0v) is 11.2. The highest BCUT2D eigenvalue weighted by atomic mass is 32.2. The number of benzene rings is 1. The molecule has 1 N–H and O–H groups in total. The average molecular weight is 283 g/mol. The molecule has 1 rings (SSSR count). The SMILES string of the molecule is COC(=O)C=CC(=O)c1ccc(NS(C)(=O)=O)cc1. The van der Waals surface area contributed by atoms with Crippen molar-refractivity contribution in [3.8, 4) is 0 Å². The van der Waals surface area contributed by atoms with Gasteiger partial charge in [-0.25, -0.2) is 13.2 Å². The van der Waals surface area contributed by atoms with Crippen LogP contribution in [-0.2, 0) is 19.6 Å². The maximum absolute atomic E-state index is 11.6. The van der Waals surface area contributed by atoms with Gasteiger partial charge in [0.1, 0.15) is 0 Å². The van der Waals surface area contributed by atoms with Gasteiger partial charge >= 0.3 is 5.97 Å². The predicted molar refractivity (Wildman–Crippen MR) is 70.4 cm³/mol. The van der Waals surface area contributed by atoms with E-state index in [2.05, 4.69) is 9.46 Å². The molecule has 19 heavy (non-hydrogen) atoms. The van der Waals surface area contributed by atoms with Gasteiger partial charge in [0.15, 0.2) is 5.78 Å². The van der Waals surface area contributed by atoms with Crippen molar-refractivity contribution >= 4 is 27.5 Å². The molecule has 0 unspecified atom stereocenters. The van der Waals surface area contributed by atoms with Gasteiger partial charge < -0.3 is 4.74 Å². The first-order valence-corrected chi connectivity index (χ1v) is 7.09. The number of esters is 1. The van der Waals surface area contributed by atoms with E-state index in [-0.39, 0.29) is 5.78 Å². The van der Waals surface area contributed by atoms with Crippen molar-refractivity contribution in [3.05, 3.63) is 42.0 Å². The highest BCUT2D eigenvalue weighted by molar-refractivity contribution is 7.92. The third-order valence-corrected chi connectivity index (χ3v) is 2.65. The van der Waals surface area contributed by atoms with E-state index in [0.717, 1.165) is 18.4 Å². The van der Waals surface area contributed by atoms with Crippen LogP contribution in [0.4, 0.5) is 5.69 Å². The van der Waals surface area contributed by atoms with Gasteiger partial charge in [0.2, 0.25) is 10.0 Å². The zero-order valence-electron chi connectivity index (χ0n) is 10.4. The summed E-state index contributed by atoms with van der Waals surface area (Å²) in [6.45, 7) is 0. The van der Waals surface area contributed by atoms with Crippen molar-refractivity contribution in [3.63, 3.8) is 0 Å². The maximum atomic E-state index is 11.6. The third-order valence-electron chi connectivity index (χ3n) is 2.04. The van der Waals surface area contributed by atoms with Gasteiger partial charge in [0, 0.05) is 17.3 Å². The second kappa shape index (κ2) is 6.14. The van der Waals surface area contributed by atoms with Gasteiger partial charge in [-0.3, -0.25) is 9.52 Å². The van der Waals surface area contributed by atoms with Crippen LogP contribution in [0.15, 0.2) is 36.4 Å². The summed E-state index contributed by atoms with van der Waals surface area (Å²) in [5, 5.41) is 0. The summed E-state index contributed by atoms with van der Waals surface area (Å²) in [6.07, 6.45) is 3.14. The molecular weight excluding hydrogens is 270 g/mol. The van der Waals surface area contributed by atoms with Gasteiger partial charge in [0.25, 0.3) is 0 Å². The summed E-state index contributed by atoms with van der Waals surface area (Å²) < 4.78 is 28.6. The lowest BCUT2D eigenvalue weighted by Crippen LogP contribution is -2.09. The first-order chi connectivity index (χ1) is 8.81. The quantitative estimate of drug-likeness (QED) is 0.494. The Balaban J connectivity index is 2.79. The topological polar surface area (TPSA) is 89.5 Å². The van der Waals surface area contributed by atoms with E-state index >= 15 is 0 Å². The van der Waals surface area contributed by atoms with Crippen LogP contribution in [0.1, 0.15) is 10.4 Å². The van der Waals surface area contributed by atoms with Gasteiger partial charge in [-0.05, 0) is 30.3 Å². The van der Waals surface area contributed by atoms with Gasteiger partial charge in [0.05, 0.1) is 13.4 Å². The molecule has 0 amide bonds. The Bertz CT molecular complexity index is 602. The van der Waals surface area contributed by atoms with Crippen LogP contribution in [0.3, 0.4) is 0 Å². The third kappa shape index (κ3) is 5.35. The Morgan fingerprint density at radius 2 is 1.74 bits per heavy atom. The van der Waals surface area contributed by atoms with Crippen LogP contribution in [0, 0.1) is 0 Å². The van der Waals surface area contributed by atoms with Crippen LogP contribution < -0.4 is 4.72 Å². The molecule has 0 radical (unpaired) electrons. The number of hydrogen-bond acceptors (Lipinski definition) is 5. The Morgan fingerprint density at radius 1 is 1.16 bits per heavy atom. The van der Waals surface area contributed by atoms with E-state index < -0.39 is 16.0 Å². The van der Waals surface area contributed by atoms with Crippen LogP contribution >= 0.6 is 0 Å². The van der Waals surface area contributed by atoms with E-state index in [9.17, 15) is 18.0 Å². The van der Waals surface area contributed by atoms with Crippen LogP contribution in [0.25, 0.3) is 0 Å². The molecule has 0 aliphatic heterocycles. The fourth-order valence-electron chi connectivity index (χ4n) is 1.22. The lowest BCUT2D eigenvalue weighted by molar-refractivity contribution is -0.134. The minimum absolute atomic E-state index is 0.333. The molecule has 0 saturated heterocycles. The number of hydrogen-bond donors (Lipinski definition) is 1. The van der Waals surface area contributed by atoms with Gasteiger partial charge in [-0.2, -0.15) is 0 Å². The van der Waals surface area contributed by atoms with Crippen molar-refractivity contribution in [1.82, 2.24) is 0 Å². The summed E-state index contributed by atoms with van der Waals surface area (Å²) in [4.78, 5) is 22.4. The number of ether oxygens (including phenoxy) is 1. The number of nitrogens with one attached hydrogen (secondary N) is 1. The Labute approximate surface area is 111 Å². The second-order valence-corrected chi connectivity index (χ2v) is 5.42. The molecule has 0 bridgehead atoms. The normalized spacial score (nSPS) is 11.3. The smallest absolute Gasteiger partial charge is 0.330 e. The van der Waals surface area contributed by atoms with Crippen molar-refractivity contribution in [2.24, 2.45) is 0 Å². The molecule has 0 heterocycles. The summed E-state index contributed by atoms with van der Waals surface area (Å²) in [6, 6.07) is 5.83. The van der Waals surface area contributed by atoms with E-state index in [1.54, 1.807) is 0 Å². The molecule has 0 saturated carbocycles. The number of methoxy groups -OCH3 is 1.